The number of benzene rings is 2. The monoisotopic (exact) mass is 634 g/mol. The molecule has 4 aliphatic rings. The van der Waals surface area contributed by atoms with Crippen molar-refractivity contribution < 1.29 is 49.7 Å². The molecule has 2 aliphatic heterocycles. The lowest BCUT2D eigenvalue weighted by atomic mass is 9.86. The Kier molecular flexibility index (Phi) is 7.09. The van der Waals surface area contributed by atoms with Gasteiger partial charge in [-0.05, 0) is 26.0 Å². The van der Waals surface area contributed by atoms with Crippen LogP contribution in [0, 0.1) is 10.4 Å². The highest BCUT2D eigenvalue weighted by Crippen LogP contribution is 2.53. The number of aliphatic carboxylic acids is 2. The number of phenolic OH excluding ortho intramolecular Hbond substituents is 4. The molecule has 0 saturated carbocycles. The summed E-state index contributed by atoms with van der Waals surface area (Å²) >= 11 is 0. The van der Waals surface area contributed by atoms with Crippen molar-refractivity contribution in [3.05, 3.63) is 85.7 Å². The number of phenols is 4. The lowest BCUT2D eigenvalue weighted by Gasteiger charge is -2.31. The van der Waals surface area contributed by atoms with E-state index in [1.54, 1.807) is 0 Å². The van der Waals surface area contributed by atoms with Gasteiger partial charge in [0.05, 0.1) is 58.5 Å². The number of carboxylic acid groups (broad SMARTS) is 2. The van der Waals surface area contributed by atoms with Crippen LogP contribution in [0.2, 0.25) is 0 Å². The van der Waals surface area contributed by atoms with Crippen LogP contribution in [0.25, 0.3) is 21.9 Å². The van der Waals surface area contributed by atoms with E-state index < -0.39 is 126 Å². The van der Waals surface area contributed by atoms with E-state index >= 15 is 0 Å². The quantitative estimate of drug-likeness (QED) is 0.170. The normalized spacial score (nSPS) is 20.8. The van der Waals surface area contributed by atoms with Crippen molar-refractivity contribution in [1.29, 1.82) is 0 Å². The van der Waals surface area contributed by atoms with Gasteiger partial charge in [0.15, 0.2) is 21.7 Å². The van der Waals surface area contributed by atoms with Crippen molar-refractivity contribution >= 4 is 22.7 Å². The summed E-state index contributed by atoms with van der Waals surface area (Å²) in [5, 5.41) is 60.8. The van der Waals surface area contributed by atoms with Crippen molar-refractivity contribution in [3.63, 3.8) is 0 Å². The van der Waals surface area contributed by atoms with E-state index in [-0.39, 0.29) is 35.1 Å². The Bertz CT molecular complexity index is 2300. The fourth-order valence-corrected chi connectivity index (χ4v) is 6.89. The Morgan fingerprint density at radius 1 is 0.674 bits per heavy atom. The summed E-state index contributed by atoms with van der Waals surface area (Å²) in [7, 11) is 0. The van der Waals surface area contributed by atoms with Gasteiger partial charge in [-0.3, -0.25) is 28.8 Å². The maximum Gasteiger partial charge on any atom is 0.305 e. The summed E-state index contributed by atoms with van der Waals surface area (Å²) in [5.74, 6) is -5.15. The summed E-state index contributed by atoms with van der Waals surface area (Å²) in [5.41, 5.74) is -5.38. The van der Waals surface area contributed by atoms with Crippen LogP contribution in [0.4, 0.5) is 0 Å². The number of hydrogen-bond acceptors (Lipinski definition) is 12. The molecule has 4 atom stereocenters. The molecule has 0 fully saturated rings. The lowest BCUT2D eigenvalue weighted by Crippen LogP contribution is -2.40. The third-order valence-corrected chi connectivity index (χ3v) is 8.72. The molecule has 0 aromatic heterocycles. The Labute approximate surface area is 256 Å². The van der Waals surface area contributed by atoms with Gasteiger partial charge in [-0.25, -0.2) is 0 Å². The molecule has 4 unspecified atom stereocenters. The summed E-state index contributed by atoms with van der Waals surface area (Å²) in [6.07, 6.45) is -5.16. The van der Waals surface area contributed by atoms with E-state index in [1.807, 2.05) is 0 Å². The molecule has 2 aromatic rings. The van der Waals surface area contributed by atoms with Gasteiger partial charge < -0.3 is 40.1 Å². The van der Waals surface area contributed by atoms with Gasteiger partial charge in [0.25, 0.3) is 0 Å². The number of rotatable bonds is 5. The first-order chi connectivity index (χ1) is 21.6. The minimum absolute atomic E-state index is 0.00326. The number of carboxylic acids is 2. The van der Waals surface area contributed by atoms with E-state index in [4.69, 9.17) is 14.6 Å². The third kappa shape index (κ3) is 4.48. The van der Waals surface area contributed by atoms with Crippen LogP contribution in [0.15, 0.2) is 31.3 Å². The molecule has 0 radical (unpaired) electrons. The van der Waals surface area contributed by atoms with Crippen LogP contribution in [0.3, 0.4) is 0 Å². The Morgan fingerprint density at radius 3 is 1.83 bits per heavy atom. The van der Waals surface area contributed by atoms with Crippen molar-refractivity contribution in [3.8, 4) is 34.1 Å². The molecule has 0 bridgehead atoms. The molecule has 2 aromatic carbocycles. The van der Waals surface area contributed by atoms with Crippen molar-refractivity contribution in [2.24, 2.45) is 0 Å². The van der Waals surface area contributed by atoms with Crippen LogP contribution >= 0.6 is 0 Å². The predicted molar refractivity (Wildman–Crippen MR) is 157 cm³/mol. The average molecular weight is 635 g/mol. The number of ether oxygens (including phenoxy) is 2. The van der Waals surface area contributed by atoms with E-state index in [1.165, 1.54) is 13.8 Å². The fraction of sp³-hybridized carbons (Fsp3) is 0.312. The predicted octanol–water partition coefficient (Wildman–Crippen LogP) is 1.32. The van der Waals surface area contributed by atoms with Gasteiger partial charge in [-0.2, -0.15) is 0 Å². The number of fused-ring (bicyclic) bond motifs is 3. The molecular weight excluding hydrogens is 608 g/mol. The SMILES string of the molecule is CC1OC(CC(=O)O)Cc2c1c(O)c1c(O)c(-c3cc(=O)c4c(=O)c5c(c(=O)c=4c3=O)C(C)OC(CC(=O)O)C5)cc(O)c1c2O. The van der Waals surface area contributed by atoms with Crippen LogP contribution < -0.4 is 21.7 Å². The highest BCUT2D eigenvalue weighted by atomic mass is 16.5. The zero-order valence-corrected chi connectivity index (χ0v) is 24.2. The number of carbonyl (C=O) groups is 2. The Morgan fingerprint density at radius 2 is 1.24 bits per heavy atom. The summed E-state index contributed by atoms with van der Waals surface area (Å²) in [6.45, 7) is 2.89. The molecule has 0 amide bonds. The van der Waals surface area contributed by atoms with Crippen LogP contribution in [-0.2, 0) is 31.9 Å². The van der Waals surface area contributed by atoms with Gasteiger partial charge in [0.2, 0.25) is 0 Å². The number of aromatic hydroxyl groups is 4. The molecule has 238 valence electrons. The molecule has 2 heterocycles. The zero-order chi connectivity index (χ0) is 33.5. The van der Waals surface area contributed by atoms with Gasteiger partial charge >= 0.3 is 11.9 Å². The fourth-order valence-electron chi connectivity index (χ4n) is 6.89. The van der Waals surface area contributed by atoms with E-state index in [2.05, 4.69) is 0 Å². The largest absolute Gasteiger partial charge is 0.507 e. The number of hydrogen-bond donors (Lipinski definition) is 6. The first-order valence-electron chi connectivity index (χ1n) is 14.2. The second kappa shape index (κ2) is 10.6. The second-order valence-electron chi connectivity index (χ2n) is 11.6. The van der Waals surface area contributed by atoms with Crippen molar-refractivity contribution in [2.45, 2.75) is 63.9 Å². The molecule has 14 nitrogen and oxygen atoms in total. The molecule has 0 saturated heterocycles. The van der Waals surface area contributed by atoms with Crippen molar-refractivity contribution in [2.75, 3.05) is 0 Å². The maximum absolute atomic E-state index is 13.8. The first kappa shape index (κ1) is 30.7. The molecule has 14 heteroatoms. The topological polar surface area (TPSA) is 242 Å². The molecular formula is C32H26O14. The maximum atomic E-state index is 13.8. The summed E-state index contributed by atoms with van der Waals surface area (Å²) in [6, 6.07) is 1.57. The standard InChI is InChI=1S/C32H26O14/c1-9-21-15(3-11(45-9)5-19(35)36)29(41)23-17(33)7-13(27(39)25(23)31(21)43)14-8-18(34)24-26(28(14)40)32(44)22-10(2)46-12(6-20(37)38)4-16(22)30(24)42/h7-12,33,39,41,43H,3-6H2,1-2H3,(H,35,36)(H,37,38). The zero-order valence-electron chi connectivity index (χ0n) is 24.2. The molecule has 6 N–H and O–H groups in total. The van der Waals surface area contributed by atoms with Crippen LogP contribution in [0.1, 0.15) is 61.2 Å². The van der Waals surface area contributed by atoms with Gasteiger partial charge in [-0.15, -0.1) is 0 Å². The summed E-state index contributed by atoms with van der Waals surface area (Å²) in [4.78, 5) is 76.8. The van der Waals surface area contributed by atoms with Crippen LogP contribution in [-0.4, -0.2) is 54.8 Å². The Balaban J connectivity index is 1.62. The molecule has 2 aliphatic carbocycles. The molecule has 46 heavy (non-hydrogen) atoms. The first-order valence-corrected chi connectivity index (χ1v) is 14.2. The van der Waals surface area contributed by atoms with Gasteiger partial charge in [0, 0.05) is 46.2 Å². The Hall–Kier alpha value is -5.34. The van der Waals surface area contributed by atoms with Gasteiger partial charge in [0.1, 0.15) is 23.0 Å². The van der Waals surface area contributed by atoms with Crippen LogP contribution in [0.5, 0.6) is 23.0 Å². The van der Waals surface area contributed by atoms with E-state index in [0.29, 0.717) is 6.07 Å². The highest BCUT2D eigenvalue weighted by Gasteiger charge is 2.36. The summed E-state index contributed by atoms with van der Waals surface area (Å²) < 4.78 is 11.3. The molecule has 0 spiro atoms. The lowest BCUT2D eigenvalue weighted by molar-refractivity contribution is -0.143. The van der Waals surface area contributed by atoms with E-state index in [0.717, 1.165) is 6.07 Å². The smallest absolute Gasteiger partial charge is 0.305 e. The van der Waals surface area contributed by atoms with Crippen molar-refractivity contribution in [1.82, 2.24) is 0 Å². The molecule has 6 rings (SSSR count). The second-order valence-corrected chi connectivity index (χ2v) is 11.6. The third-order valence-electron chi connectivity index (χ3n) is 8.72. The minimum atomic E-state index is -1.20. The van der Waals surface area contributed by atoms with Gasteiger partial charge in [-0.1, -0.05) is 0 Å². The van der Waals surface area contributed by atoms with E-state index in [9.17, 15) is 54.3 Å². The highest BCUT2D eigenvalue weighted by molar-refractivity contribution is 6.07. The average Bonchev–Trinajstić information content (AvgIpc) is 2.95. The minimum Gasteiger partial charge on any atom is -0.507 e.